The van der Waals surface area contributed by atoms with E-state index in [1.165, 1.54) is 0 Å². The first-order valence-electron chi connectivity index (χ1n) is 10.6. The average molecular weight is 443 g/mol. The quantitative estimate of drug-likeness (QED) is 0.374. The standard InChI is InChI=1S/C27H25NO5/c1-31-26-16-21(13-14-25(26)33-19-20-8-3-2-4-9-20)27(30)28(18-23-11-7-15-32-23)17-22-10-5-6-12-24(22)29/h2-16,29H,17-19H2,1H3. The maximum absolute atomic E-state index is 13.5. The van der Waals surface area contributed by atoms with Crippen molar-refractivity contribution in [3.05, 3.63) is 114 Å². The SMILES string of the molecule is COc1cc(C(=O)N(Cc2ccco2)Cc2ccccc2O)ccc1OCc1ccccc1. The van der Waals surface area contributed by atoms with Crippen LogP contribution in [0.1, 0.15) is 27.2 Å². The second-order valence-electron chi connectivity index (χ2n) is 7.51. The first-order chi connectivity index (χ1) is 16.1. The van der Waals surface area contributed by atoms with Gasteiger partial charge in [-0.2, -0.15) is 0 Å². The van der Waals surface area contributed by atoms with E-state index in [2.05, 4.69) is 0 Å². The zero-order valence-corrected chi connectivity index (χ0v) is 18.3. The van der Waals surface area contributed by atoms with Crippen molar-refractivity contribution in [2.45, 2.75) is 19.7 Å². The zero-order valence-electron chi connectivity index (χ0n) is 18.3. The highest BCUT2D eigenvalue weighted by atomic mass is 16.5. The van der Waals surface area contributed by atoms with Crippen LogP contribution < -0.4 is 9.47 Å². The Bertz CT molecular complexity index is 1190. The van der Waals surface area contributed by atoms with Gasteiger partial charge in [0.25, 0.3) is 5.91 Å². The molecule has 0 aliphatic heterocycles. The van der Waals surface area contributed by atoms with E-state index in [4.69, 9.17) is 13.9 Å². The number of phenols is 1. The molecule has 6 heteroatoms. The fourth-order valence-electron chi connectivity index (χ4n) is 3.48. The van der Waals surface area contributed by atoms with Crippen molar-refractivity contribution in [1.82, 2.24) is 4.90 Å². The number of methoxy groups -OCH3 is 1. The van der Waals surface area contributed by atoms with Crippen LogP contribution in [0.3, 0.4) is 0 Å². The van der Waals surface area contributed by atoms with Crippen LogP contribution in [0.15, 0.2) is 95.6 Å². The lowest BCUT2D eigenvalue weighted by atomic mass is 10.1. The summed E-state index contributed by atoms with van der Waals surface area (Å²) in [5, 5.41) is 10.2. The summed E-state index contributed by atoms with van der Waals surface area (Å²) in [5.41, 5.74) is 2.13. The van der Waals surface area contributed by atoms with Crippen LogP contribution in [0.25, 0.3) is 0 Å². The third-order valence-electron chi connectivity index (χ3n) is 5.21. The zero-order chi connectivity index (χ0) is 23.0. The van der Waals surface area contributed by atoms with Crippen LogP contribution in [0, 0.1) is 0 Å². The highest BCUT2D eigenvalue weighted by molar-refractivity contribution is 5.95. The third-order valence-corrected chi connectivity index (χ3v) is 5.21. The largest absolute Gasteiger partial charge is 0.508 e. The first kappa shape index (κ1) is 22.0. The van der Waals surface area contributed by atoms with E-state index in [1.54, 1.807) is 60.7 Å². The van der Waals surface area contributed by atoms with Crippen molar-refractivity contribution in [3.63, 3.8) is 0 Å². The molecule has 0 saturated heterocycles. The number of nitrogens with zero attached hydrogens (tertiary/aromatic N) is 1. The summed E-state index contributed by atoms with van der Waals surface area (Å²) in [6.45, 7) is 0.873. The molecule has 33 heavy (non-hydrogen) atoms. The molecule has 0 aliphatic rings. The van der Waals surface area contributed by atoms with E-state index in [1.807, 2.05) is 42.5 Å². The molecule has 1 aromatic heterocycles. The summed E-state index contributed by atoms with van der Waals surface area (Å²) in [7, 11) is 1.54. The van der Waals surface area contributed by atoms with Crippen molar-refractivity contribution in [3.8, 4) is 17.2 Å². The predicted molar refractivity (Wildman–Crippen MR) is 124 cm³/mol. The third kappa shape index (κ3) is 5.54. The van der Waals surface area contributed by atoms with Crippen molar-refractivity contribution in [2.75, 3.05) is 7.11 Å². The van der Waals surface area contributed by atoms with Gasteiger partial charge in [-0.05, 0) is 42.0 Å². The minimum absolute atomic E-state index is 0.136. The summed E-state index contributed by atoms with van der Waals surface area (Å²) < 4.78 is 16.9. The van der Waals surface area contributed by atoms with Gasteiger partial charge in [0, 0.05) is 11.1 Å². The van der Waals surface area contributed by atoms with E-state index in [-0.39, 0.29) is 24.7 Å². The van der Waals surface area contributed by atoms with E-state index < -0.39 is 0 Å². The monoisotopic (exact) mass is 443 g/mol. The van der Waals surface area contributed by atoms with E-state index in [9.17, 15) is 9.90 Å². The fraction of sp³-hybridized carbons (Fsp3) is 0.148. The number of para-hydroxylation sites is 1. The number of carbonyl (C=O) groups excluding carboxylic acids is 1. The molecule has 168 valence electrons. The lowest BCUT2D eigenvalue weighted by molar-refractivity contribution is 0.0716. The number of hydrogen-bond donors (Lipinski definition) is 1. The summed E-state index contributed by atoms with van der Waals surface area (Å²) >= 11 is 0. The van der Waals surface area contributed by atoms with Gasteiger partial charge in [-0.15, -0.1) is 0 Å². The number of furan rings is 1. The van der Waals surface area contributed by atoms with Gasteiger partial charge in [0.15, 0.2) is 11.5 Å². The molecule has 0 bridgehead atoms. The maximum atomic E-state index is 13.5. The Kier molecular flexibility index (Phi) is 6.95. The Labute approximate surface area is 192 Å². The molecule has 0 radical (unpaired) electrons. The molecule has 4 aromatic rings. The Morgan fingerprint density at radius 2 is 1.70 bits per heavy atom. The van der Waals surface area contributed by atoms with Crippen LogP contribution in [0.2, 0.25) is 0 Å². The van der Waals surface area contributed by atoms with Gasteiger partial charge in [0.05, 0.1) is 26.5 Å². The smallest absolute Gasteiger partial charge is 0.254 e. The molecule has 1 N–H and O–H groups in total. The number of rotatable bonds is 9. The number of aromatic hydroxyl groups is 1. The molecule has 0 fully saturated rings. The van der Waals surface area contributed by atoms with Gasteiger partial charge in [0.2, 0.25) is 0 Å². The van der Waals surface area contributed by atoms with Crippen LogP contribution in [-0.2, 0) is 19.7 Å². The highest BCUT2D eigenvalue weighted by Crippen LogP contribution is 2.30. The molecule has 1 heterocycles. The van der Waals surface area contributed by atoms with Gasteiger partial charge < -0.3 is 23.9 Å². The molecule has 4 rings (SSSR count). The lowest BCUT2D eigenvalue weighted by Gasteiger charge is -2.23. The second kappa shape index (κ2) is 10.4. The van der Waals surface area contributed by atoms with Crippen molar-refractivity contribution in [2.24, 2.45) is 0 Å². The van der Waals surface area contributed by atoms with Crippen LogP contribution in [0.4, 0.5) is 0 Å². The Morgan fingerprint density at radius 1 is 0.909 bits per heavy atom. The number of benzene rings is 3. The summed E-state index contributed by atoms with van der Waals surface area (Å²) in [6.07, 6.45) is 1.57. The number of hydrogen-bond acceptors (Lipinski definition) is 5. The molecule has 0 unspecified atom stereocenters. The Morgan fingerprint density at radius 3 is 2.42 bits per heavy atom. The molecule has 0 spiro atoms. The Balaban J connectivity index is 1.56. The average Bonchev–Trinajstić information content (AvgIpc) is 3.37. The van der Waals surface area contributed by atoms with Crippen molar-refractivity contribution >= 4 is 5.91 Å². The van der Waals surface area contributed by atoms with Crippen LogP contribution >= 0.6 is 0 Å². The van der Waals surface area contributed by atoms with E-state index >= 15 is 0 Å². The number of carbonyl (C=O) groups is 1. The summed E-state index contributed by atoms with van der Waals surface area (Å²) in [6, 6.07) is 25.5. The normalized spacial score (nSPS) is 10.6. The maximum Gasteiger partial charge on any atom is 0.254 e. The predicted octanol–water partition coefficient (Wildman–Crippen LogP) is 5.42. The first-order valence-corrected chi connectivity index (χ1v) is 10.6. The minimum atomic E-state index is -0.220. The minimum Gasteiger partial charge on any atom is -0.508 e. The molecule has 3 aromatic carbocycles. The summed E-state index contributed by atoms with van der Waals surface area (Å²) in [4.78, 5) is 15.1. The molecule has 0 saturated carbocycles. The molecule has 0 aliphatic carbocycles. The highest BCUT2D eigenvalue weighted by Gasteiger charge is 2.21. The van der Waals surface area contributed by atoms with Crippen molar-refractivity contribution < 1.29 is 23.8 Å². The van der Waals surface area contributed by atoms with E-state index in [0.29, 0.717) is 35.0 Å². The fourth-order valence-corrected chi connectivity index (χ4v) is 3.48. The summed E-state index contributed by atoms with van der Waals surface area (Å²) in [5.74, 6) is 1.58. The topological polar surface area (TPSA) is 72.1 Å². The lowest BCUT2D eigenvalue weighted by Crippen LogP contribution is -2.30. The van der Waals surface area contributed by atoms with Gasteiger partial charge in [-0.3, -0.25) is 4.79 Å². The molecular formula is C27H25NO5. The van der Waals surface area contributed by atoms with Gasteiger partial charge >= 0.3 is 0 Å². The van der Waals surface area contributed by atoms with Crippen LogP contribution in [0.5, 0.6) is 17.2 Å². The number of ether oxygens (including phenoxy) is 2. The Hall–Kier alpha value is -4.19. The van der Waals surface area contributed by atoms with Crippen molar-refractivity contribution in [1.29, 1.82) is 0 Å². The van der Waals surface area contributed by atoms with Gasteiger partial charge in [0.1, 0.15) is 18.1 Å². The van der Waals surface area contributed by atoms with Crippen LogP contribution in [-0.4, -0.2) is 23.0 Å². The number of amides is 1. The van der Waals surface area contributed by atoms with Gasteiger partial charge in [-0.25, -0.2) is 0 Å². The van der Waals surface area contributed by atoms with E-state index in [0.717, 1.165) is 5.56 Å². The molecule has 0 atom stereocenters. The molecule has 1 amide bonds. The van der Waals surface area contributed by atoms with Gasteiger partial charge in [-0.1, -0.05) is 48.5 Å². The molecule has 6 nitrogen and oxygen atoms in total. The molecular weight excluding hydrogens is 418 g/mol. The second-order valence-corrected chi connectivity index (χ2v) is 7.51. The number of phenolic OH excluding ortho intramolecular Hbond substituents is 1.